The lowest BCUT2D eigenvalue weighted by Crippen LogP contribution is -1.66. The number of nitrogens with zero attached hydrogens (tertiary/aromatic N) is 2. The van der Waals surface area contributed by atoms with Crippen LogP contribution >= 0.6 is 22.9 Å². The largest absolute Gasteiger partial charge is 0.184 e. The zero-order valence-corrected chi connectivity index (χ0v) is 5.84. The van der Waals surface area contributed by atoms with E-state index in [-0.39, 0.29) is 0 Å². The van der Waals surface area contributed by atoms with Gasteiger partial charge in [0.15, 0.2) is 0 Å². The summed E-state index contributed by atoms with van der Waals surface area (Å²) in [4.78, 5) is 0. The van der Waals surface area contributed by atoms with Crippen molar-refractivity contribution in [3.8, 4) is 0 Å². The lowest BCUT2D eigenvalue weighted by atomic mass is 10.5. The van der Waals surface area contributed by atoms with Gasteiger partial charge in [0, 0.05) is 0 Å². The van der Waals surface area contributed by atoms with Crippen LogP contribution in [0.1, 0.15) is 13.3 Å². The average Bonchev–Trinajstić information content (AvgIpc) is 1.61. The molecule has 0 radical (unpaired) electrons. The van der Waals surface area contributed by atoms with Gasteiger partial charge in [0.05, 0.1) is 6.54 Å². The fourth-order valence-electron chi connectivity index (χ4n) is 0.138. The Kier molecular flexibility index (Phi) is 5.62. The van der Waals surface area contributed by atoms with Crippen LogP contribution in [0.3, 0.4) is 0 Å². The molecule has 0 fully saturated rings. The maximum absolute atomic E-state index is 3.70. The van der Waals surface area contributed by atoms with Crippen molar-refractivity contribution in [1.82, 2.24) is 0 Å². The SMILES string of the molecule is CCCN=NI. The second-order valence-electron chi connectivity index (χ2n) is 0.941. The van der Waals surface area contributed by atoms with Crippen molar-refractivity contribution >= 4 is 22.9 Å². The molecule has 0 amide bonds. The molecule has 0 bridgehead atoms. The molecule has 0 aliphatic heterocycles. The first kappa shape index (κ1) is 6.33. The van der Waals surface area contributed by atoms with E-state index >= 15 is 0 Å². The van der Waals surface area contributed by atoms with E-state index in [1.54, 1.807) is 0 Å². The van der Waals surface area contributed by atoms with Gasteiger partial charge in [0.25, 0.3) is 0 Å². The summed E-state index contributed by atoms with van der Waals surface area (Å²) in [5.74, 6) is 0. The van der Waals surface area contributed by atoms with Gasteiger partial charge in [-0.2, -0.15) is 5.11 Å². The molecule has 0 aromatic heterocycles. The average molecular weight is 198 g/mol. The van der Waals surface area contributed by atoms with Gasteiger partial charge in [-0.15, -0.1) is 3.33 Å². The maximum atomic E-state index is 3.70. The third-order valence-electron chi connectivity index (χ3n) is 0.377. The van der Waals surface area contributed by atoms with Crippen molar-refractivity contribution < 1.29 is 0 Å². The standard InChI is InChI=1S/C3H7IN2/c1-2-3-5-6-4/h2-3H2,1H3. The molecule has 0 aliphatic carbocycles. The van der Waals surface area contributed by atoms with E-state index < -0.39 is 0 Å². The Morgan fingerprint density at radius 1 is 1.67 bits per heavy atom. The molecule has 0 aliphatic rings. The second-order valence-corrected chi connectivity index (χ2v) is 1.37. The molecule has 6 heavy (non-hydrogen) atoms. The first-order valence-corrected chi connectivity index (χ1v) is 2.86. The Morgan fingerprint density at radius 2 is 2.33 bits per heavy atom. The van der Waals surface area contributed by atoms with E-state index in [4.69, 9.17) is 0 Å². The van der Waals surface area contributed by atoms with Crippen LogP contribution in [-0.2, 0) is 0 Å². The predicted molar refractivity (Wildman–Crippen MR) is 34.0 cm³/mol. The molecule has 0 rings (SSSR count). The lowest BCUT2D eigenvalue weighted by molar-refractivity contribution is 0.897. The Morgan fingerprint density at radius 3 is 2.50 bits per heavy atom. The molecule has 0 atom stereocenters. The molecular formula is C3H7IN2. The molecule has 0 heterocycles. The van der Waals surface area contributed by atoms with Crippen molar-refractivity contribution in [2.45, 2.75) is 13.3 Å². The molecule has 0 unspecified atom stereocenters. The van der Waals surface area contributed by atoms with E-state index in [0.29, 0.717) is 0 Å². The highest BCUT2D eigenvalue weighted by Crippen LogP contribution is 1.85. The van der Waals surface area contributed by atoms with Crippen molar-refractivity contribution in [3.63, 3.8) is 0 Å². The number of rotatable bonds is 2. The van der Waals surface area contributed by atoms with E-state index in [1.165, 1.54) is 0 Å². The molecule has 36 valence electrons. The van der Waals surface area contributed by atoms with Crippen LogP contribution in [0, 0.1) is 0 Å². The maximum Gasteiger partial charge on any atom is 0.111 e. The lowest BCUT2D eigenvalue weighted by Gasteiger charge is -1.74. The van der Waals surface area contributed by atoms with E-state index in [1.807, 2.05) is 22.9 Å². The van der Waals surface area contributed by atoms with Crippen LogP contribution in [-0.4, -0.2) is 6.54 Å². The summed E-state index contributed by atoms with van der Waals surface area (Å²) in [6, 6.07) is 0. The highest BCUT2D eigenvalue weighted by Gasteiger charge is 1.67. The summed E-state index contributed by atoms with van der Waals surface area (Å²) in [7, 11) is 0. The third-order valence-corrected chi connectivity index (χ3v) is 0.682. The minimum absolute atomic E-state index is 0.864. The van der Waals surface area contributed by atoms with Crippen LogP contribution in [0.25, 0.3) is 0 Å². The van der Waals surface area contributed by atoms with Crippen LogP contribution in [0.4, 0.5) is 0 Å². The van der Waals surface area contributed by atoms with Crippen molar-refractivity contribution in [3.05, 3.63) is 0 Å². The van der Waals surface area contributed by atoms with Gasteiger partial charge >= 0.3 is 0 Å². The topological polar surface area (TPSA) is 24.7 Å². The summed E-state index contributed by atoms with van der Waals surface area (Å²) in [5.41, 5.74) is 0. The van der Waals surface area contributed by atoms with Gasteiger partial charge < -0.3 is 0 Å². The van der Waals surface area contributed by atoms with E-state index in [2.05, 4.69) is 15.4 Å². The Balaban J connectivity index is 2.66. The summed E-state index contributed by atoms with van der Waals surface area (Å²) in [5, 5.41) is 3.70. The Hall–Kier alpha value is 0.330. The smallest absolute Gasteiger partial charge is 0.111 e. The summed E-state index contributed by atoms with van der Waals surface area (Å²) < 4.78 is 3.52. The molecule has 0 N–H and O–H groups in total. The normalized spacial score (nSPS) is 10.3. The van der Waals surface area contributed by atoms with Crippen LogP contribution < -0.4 is 0 Å². The Bertz CT molecular complexity index is 44.1. The Labute approximate surface area is 51.5 Å². The zero-order chi connectivity index (χ0) is 4.83. The monoisotopic (exact) mass is 198 g/mol. The molecule has 3 heteroatoms. The second kappa shape index (κ2) is 5.33. The highest BCUT2D eigenvalue weighted by atomic mass is 127. The van der Waals surface area contributed by atoms with Gasteiger partial charge in [-0.1, -0.05) is 6.92 Å². The molecule has 0 aromatic carbocycles. The fourth-order valence-corrected chi connectivity index (χ4v) is 0.354. The quantitative estimate of drug-likeness (QED) is 0.480. The van der Waals surface area contributed by atoms with Crippen molar-refractivity contribution in [2.75, 3.05) is 6.54 Å². The number of halogens is 1. The van der Waals surface area contributed by atoms with Gasteiger partial charge in [-0.3, -0.25) is 0 Å². The van der Waals surface area contributed by atoms with E-state index in [0.717, 1.165) is 13.0 Å². The van der Waals surface area contributed by atoms with Crippen molar-refractivity contribution in [2.24, 2.45) is 8.44 Å². The number of hydrogen-bond acceptors (Lipinski definition) is 2. The summed E-state index contributed by atoms with van der Waals surface area (Å²) >= 11 is 1.87. The first-order chi connectivity index (χ1) is 2.91. The molecule has 0 saturated heterocycles. The molecule has 2 nitrogen and oxygen atoms in total. The van der Waals surface area contributed by atoms with Gasteiger partial charge in [0.2, 0.25) is 0 Å². The third kappa shape index (κ3) is 4.33. The highest BCUT2D eigenvalue weighted by molar-refractivity contribution is 14.1. The van der Waals surface area contributed by atoms with Gasteiger partial charge in [0.1, 0.15) is 22.9 Å². The fraction of sp³-hybridized carbons (Fsp3) is 1.00. The van der Waals surface area contributed by atoms with Gasteiger partial charge in [-0.05, 0) is 6.42 Å². The summed E-state index contributed by atoms with van der Waals surface area (Å²) in [6.07, 6.45) is 1.09. The molecular weight excluding hydrogens is 191 g/mol. The minimum Gasteiger partial charge on any atom is -0.184 e. The van der Waals surface area contributed by atoms with Crippen LogP contribution in [0.15, 0.2) is 8.44 Å². The minimum atomic E-state index is 0.864. The van der Waals surface area contributed by atoms with Crippen molar-refractivity contribution in [1.29, 1.82) is 0 Å². The zero-order valence-electron chi connectivity index (χ0n) is 3.69. The van der Waals surface area contributed by atoms with Crippen LogP contribution in [0.5, 0.6) is 0 Å². The molecule has 0 spiro atoms. The van der Waals surface area contributed by atoms with E-state index in [9.17, 15) is 0 Å². The number of hydrogen-bond donors (Lipinski definition) is 0. The molecule has 0 aromatic rings. The predicted octanol–water partition coefficient (Wildman–Crippen LogP) is 2.20. The molecule has 0 saturated carbocycles. The first-order valence-electron chi connectivity index (χ1n) is 1.89. The van der Waals surface area contributed by atoms with Crippen LogP contribution in [0.2, 0.25) is 0 Å². The summed E-state index contributed by atoms with van der Waals surface area (Å²) in [6.45, 7) is 2.94. The van der Waals surface area contributed by atoms with Gasteiger partial charge in [-0.25, -0.2) is 0 Å².